The van der Waals surface area contributed by atoms with Gasteiger partial charge in [-0.05, 0) is 50.2 Å². The molecule has 2 rings (SSSR count). The van der Waals surface area contributed by atoms with Crippen LogP contribution in [0.5, 0.6) is 0 Å². The number of imide groups is 1. The van der Waals surface area contributed by atoms with Gasteiger partial charge in [-0.2, -0.15) is 0 Å². The Balaban J connectivity index is 1.83. The normalized spacial score (nSPS) is 16.3. The van der Waals surface area contributed by atoms with Crippen molar-refractivity contribution < 1.29 is 19.4 Å². The molecule has 1 N–H and O–H groups in total. The van der Waals surface area contributed by atoms with Gasteiger partial charge in [0.1, 0.15) is 0 Å². The van der Waals surface area contributed by atoms with Crippen LogP contribution in [-0.4, -0.2) is 47.2 Å². The molecule has 0 spiro atoms. The molecule has 29 heavy (non-hydrogen) atoms. The monoisotopic (exact) mass is 403 g/mol. The van der Waals surface area contributed by atoms with Crippen LogP contribution >= 0.6 is 0 Å². The Kier molecular flexibility index (Phi) is 6.96. The summed E-state index contributed by atoms with van der Waals surface area (Å²) in [5.74, 6) is -0.0388. The Morgan fingerprint density at radius 1 is 1.00 bits per heavy atom. The van der Waals surface area contributed by atoms with Gasteiger partial charge in [-0.1, -0.05) is 46.8 Å². The summed E-state index contributed by atoms with van der Waals surface area (Å²) in [6.07, 6.45) is 1.68. The van der Waals surface area contributed by atoms with Crippen molar-refractivity contribution >= 4 is 11.8 Å². The van der Waals surface area contributed by atoms with Gasteiger partial charge in [-0.3, -0.25) is 14.5 Å². The fourth-order valence-corrected chi connectivity index (χ4v) is 3.65. The first kappa shape index (κ1) is 23.6. The molecule has 0 saturated carbocycles. The molecule has 0 radical (unpaired) electrons. The first-order chi connectivity index (χ1) is 13.3. The molecule has 1 heterocycles. The molecule has 0 fully saturated rings. The standard InChI is InChI=1S/C24H37NO4/c1-17(15-29-16-23(4,5)24(6,7)28)14-22(2,3)12-13-25-20(26)18-10-8-9-11-19(18)21(25)27/h8-11,17,28H,12-16H2,1-7H3. The van der Waals surface area contributed by atoms with Gasteiger partial charge in [0, 0.05) is 18.6 Å². The first-order valence-electron chi connectivity index (χ1n) is 10.5. The van der Waals surface area contributed by atoms with E-state index in [4.69, 9.17) is 4.74 Å². The third-order valence-electron chi connectivity index (χ3n) is 6.31. The minimum atomic E-state index is -0.804. The maximum atomic E-state index is 12.5. The predicted molar refractivity (Wildman–Crippen MR) is 115 cm³/mol. The molecule has 1 aliphatic heterocycles. The number of nitrogens with zero attached hydrogens (tertiary/aromatic N) is 1. The Labute approximate surface area is 175 Å². The Hall–Kier alpha value is -1.72. The second kappa shape index (κ2) is 8.57. The minimum Gasteiger partial charge on any atom is -0.390 e. The van der Waals surface area contributed by atoms with E-state index in [1.54, 1.807) is 24.3 Å². The van der Waals surface area contributed by atoms with Crippen LogP contribution in [0.25, 0.3) is 0 Å². The van der Waals surface area contributed by atoms with Crippen molar-refractivity contribution in [1.82, 2.24) is 4.90 Å². The van der Waals surface area contributed by atoms with Crippen molar-refractivity contribution in [1.29, 1.82) is 0 Å². The highest BCUT2D eigenvalue weighted by molar-refractivity contribution is 6.21. The fourth-order valence-electron chi connectivity index (χ4n) is 3.65. The third kappa shape index (κ3) is 5.67. The number of fused-ring (bicyclic) bond motifs is 1. The van der Waals surface area contributed by atoms with E-state index in [0.717, 1.165) is 12.8 Å². The molecule has 0 saturated heterocycles. The highest BCUT2D eigenvalue weighted by atomic mass is 16.5. The van der Waals surface area contributed by atoms with Crippen molar-refractivity contribution in [3.8, 4) is 0 Å². The summed E-state index contributed by atoms with van der Waals surface area (Å²) in [7, 11) is 0. The van der Waals surface area contributed by atoms with Gasteiger partial charge in [-0.25, -0.2) is 0 Å². The van der Waals surface area contributed by atoms with E-state index in [-0.39, 0.29) is 22.6 Å². The molecule has 1 aliphatic rings. The number of carbonyl (C=O) groups excluding carboxylic acids is 2. The summed E-state index contributed by atoms with van der Waals surface area (Å²) in [6, 6.07) is 7.02. The molecule has 0 aromatic heterocycles. The average molecular weight is 404 g/mol. The maximum Gasteiger partial charge on any atom is 0.261 e. The summed E-state index contributed by atoms with van der Waals surface area (Å²) in [5, 5.41) is 10.2. The van der Waals surface area contributed by atoms with Crippen LogP contribution in [-0.2, 0) is 4.74 Å². The highest BCUT2D eigenvalue weighted by Gasteiger charge is 2.37. The van der Waals surface area contributed by atoms with Crippen molar-refractivity contribution in [2.24, 2.45) is 16.7 Å². The van der Waals surface area contributed by atoms with Crippen molar-refractivity contribution in [2.45, 2.75) is 66.9 Å². The third-order valence-corrected chi connectivity index (χ3v) is 6.31. The lowest BCUT2D eigenvalue weighted by Gasteiger charge is -2.37. The topological polar surface area (TPSA) is 66.8 Å². The van der Waals surface area contributed by atoms with E-state index in [1.165, 1.54) is 4.90 Å². The van der Waals surface area contributed by atoms with Gasteiger partial charge in [0.15, 0.2) is 0 Å². The molecule has 0 aliphatic carbocycles. The molecule has 5 nitrogen and oxygen atoms in total. The number of amides is 2. The molecular formula is C24H37NO4. The SMILES string of the molecule is CC(COCC(C)(C)C(C)(C)O)CC(C)(C)CCN1C(=O)c2ccccc2C1=O. The summed E-state index contributed by atoms with van der Waals surface area (Å²) in [5.41, 5.74) is -0.141. The molecular weight excluding hydrogens is 366 g/mol. The van der Waals surface area contributed by atoms with Crippen LogP contribution in [0, 0.1) is 16.7 Å². The molecule has 1 aromatic carbocycles. The molecule has 1 aromatic rings. The van der Waals surface area contributed by atoms with Gasteiger partial charge >= 0.3 is 0 Å². The number of carbonyl (C=O) groups is 2. The lowest BCUT2D eigenvalue weighted by atomic mass is 9.78. The summed E-state index contributed by atoms with van der Waals surface area (Å²) in [6.45, 7) is 15.7. The van der Waals surface area contributed by atoms with Crippen LogP contribution in [0.4, 0.5) is 0 Å². The van der Waals surface area contributed by atoms with Gasteiger partial charge in [0.25, 0.3) is 11.8 Å². The van der Waals surface area contributed by atoms with Crippen molar-refractivity contribution in [2.75, 3.05) is 19.8 Å². The molecule has 5 heteroatoms. The van der Waals surface area contributed by atoms with Crippen LogP contribution in [0.15, 0.2) is 24.3 Å². The Morgan fingerprint density at radius 2 is 1.52 bits per heavy atom. The smallest absolute Gasteiger partial charge is 0.261 e. The van der Waals surface area contributed by atoms with Gasteiger partial charge in [-0.15, -0.1) is 0 Å². The maximum absolute atomic E-state index is 12.5. The average Bonchev–Trinajstić information content (AvgIpc) is 2.83. The first-order valence-corrected chi connectivity index (χ1v) is 10.5. The summed E-state index contributed by atoms with van der Waals surface area (Å²) in [4.78, 5) is 26.4. The summed E-state index contributed by atoms with van der Waals surface area (Å²) >= 11 is 0. The van der Waals surface area contributed by atoms with Crippen LogP contribution in [0.2, 0.25) is 0 Å². The van der Waals surface area contributed by atoms with E-state index in [0.29, 0.717) is 36.8 Å². The van der Waals surface area contributed by atoms with Gasteiger partial charge in [0.2, 0.25) is 0 Å². The Morgan fingerprint density at radius 3 is 2.00 bits per heavy atom. The number of rotatable bonds is 10. The van der Waals surface area contributed by atoms with Gasteiger partial charge in [0.05, 0.1) is 23.3 Å². The highest BCUT2D eigenvalue weighted by Crippen LogP contribution is 2.33. The number of ether oxygens (including phenoxy) is 1. The number of benzene rings is 1. The molecule has 1 unspecified atom stereocenters. The number of hydrogen-bond acceptors (Lipinski definition) is 4. The van der Waals surface area contributed by atoms with E-state index in [1.807, 2.05) is 27.7 Å². The van der Waals surface area contributed by atoms with E-state index < -0.39 is 5.60 Å². The number of aliphatic hydroxyl groups is 1. The van der Waals surface area contributed by atoms with E-state index in [9.17, 15) is 14.7 Å². The van der Waals surface area contributed by atoms with Crippen LogP contribution in [0.1, 0.15) is 82.0 Å². The van der Waals surface area contributed by atoms with Crippen LogP contribution < -0.4 is 0 Å². The van der Waals surface area contributed by atoms with Crippen molar-refractivity contribution in [3.05, 3.63) is 35.4 Å². The zero-order valence-corrected chi connectivity index (χ0v) is 19.0. The molecule has 1 atom stereocenters. The minimum absolute atomic E-state index is 0.0239. The van der Waals surface area contributed by atoms with Crippen LogP contribution in [0.3, 0.4) is 0 Å². The van der Waals surface area contributed by atoms with Gasteiger partial charge < -0.3 is 9.84 Å². The zero-order valence-electron chi connectivity index (χ0n) is 19.0. The quantitative estimate of drug-likeness (QED) is 0.583. The van der Waals surface area contributed by atoms with E-state index >= 15 is 0 Å². The second-order valence-electron chi connectivity index (χ2n) is 10.5. The van der Waals surface area contributed by atoms with E-state index in [2.05, 4.69) is 20.8 Å². The zero-order chi connectivity index (χ0) is 22.0. The lowest BCUT2D eigenvalue weighted by Crippen LogP contribution is -2.42. The fraction of sp³-hybridized carbons (Fsp3) is 0.667. The number of hydrogen-bond donors (Lipinski definition) is 1. The molecule has 0 bridgehead atoms. The largest absolute Gasteiger partial charge is 0.390 e. The lowest BCUT2D eigenvalue weighted by molar-refractivity contribution is -0.0854. The summed E-state index contributed by atoms with van der Waals surface area (Å²) < 4.78 is 5.91. The Bertz CT molecular complexity index is 710. The van der Waals surface area contributed by atoms with Crippen molar-refractivity contribution in [3.63, 3.8) is 0 Å². The predicted octanol–water partition coefficient (Wildman–Crippen LogP) is 4.54. The molecule has 162 valence electrons. The second-order valence-corrected chi connectivity index (χ2v) is 10.5. The molecule has 2 amide bonds.